The second-order valence-corrected chi connectivity index (χ2v) is 3.09. The third kappa shape index (κ3) is 1.09. The number of halogens is 1. The fourth-order valence-electron chi connectivity index (χ4n) is 0.387. The molecule has 0 nitrogen and oxygen atoms in total. The molecule has 0 saturated heterocycles. The lowest BCUT2D eigenvalue weighted by Gasteiger charge is -1.80. The molecule has 36 valence electrons. The van der Waals surface area contributed by atoms with Crippen LogP contribution in [0, 0.1) is 0 Å². The molecule has 1 aromatic rings. The topological polar surface area (TPSA) is 0 Å². The molecule has 0 unspecified atom stereocenters. The molecule has 0 spiro atoms. The lowest BCUT2D eigenvalue weighted by Crippen LogP contribution is -2.18. The van der Waals surface area contributed by atoms with Gasteiger partial charge in [-0.05, 0) is 6.07 Å². The van der Waals surface area contributed by atoms with E-state index >= 15 is 0 Å². The van der Waals surface area contributed by atoms with Crippen molar-refractivity contribution in [1.29, 1.82) is 0 Å². The zero-order valence-electron chi connectivity index (χ0n) is 4.02. The van der Waals surface area contributed by atoms with Crippen molar-refractivity contribution in [3.63, 3.8) is 0 Å². The standard InChI is InChI=1S/C4HB2ClS/c5-2-1-3(7)8-4(2)6/h1H. The molecule has 4 heteroatoms. The van der Waals surface area contributed by atoms with E-state index in [4.69, 9.17) is 27.3 Å². The van der Waals surface area contributed by atoms with E-state index in [-0.39, 0.29) is 0 Å². The minimum absolute atomic E-state index is 0.569. The van der Waals surface area contributed by atoms with Crippen LogP contribution in [0.5, 0.6) is 0 Å². The number of hydrogen-bond acceptors (Lipinski definition) is 1. The van der Waals surface area contributed by atoms with E-state index in [9.17, 15) is 0 Å². The summed E-state index contributed by atoms with van der Waals surface area (Å²) in [6, 6.07) is 1.64. The first-order valence-electron chi connectivity index (χ1n) is 2.00. The number of rotatable bonds is 0. The molecule has 0 saturated carbocycles. The van der Waals surface area contributed by atoms with Crippen molar-refractivity contribution in [2.75, 3.05) is 0 Å². The van der Waals surface area contributed by atoms with Gasteiger partial charge in [-0.2, -0.15) is 0 Å². The maximum atomic E-state index is 5.52. The van der Waals surface area contributed by atoms with Crippen molar-refractivity contribution in [1.82, 2.24) is 0 Å². The zero-order chi connectivity index (χ0) is 6.15. The Morgan fingerprint density at radius 1 is 1.50 bits per heavy atom. The van der Waals surface area contributed by atoms with E-state index < -0.39 is 0 Å². The Balaban J connectivity index is 3.14. The fourth-order valence-corrected chi connectivity index (χ4v) is 1.33. The van der Waals surface area contributed by atoms with Crippen LogP contribution in [0.3, 0.4) is 0 Å². The molecule has 8 heavy (non-hydrogen) atoms. The van der Waals surface area contributed by atoms with Crippen LogP contribution in [0.1, 0.15) is 0 Å². The predicted molar refractivity (Wildman–Crippen MR) is 40.1 cm³/mol. The maximum Gasteiger partial charge on any atom is 0.128 e. The van der Waals surface area contributed by atoms with Gasteiger partial charge in [0.25, 0.3) is 0 Å². The predicted octanol–water partition coefficient (Wildman–Crippen LogP) is -0.0109. The molecule has 1 aromatic heterocycles. The van der Waals surface area contributed by atoms with Gasteiger partial charge in [-0.3, -0.25) is 0 Å². The molecule has 0 N–H and O–H groups in total. The highest BCUT2D eigenvalue weighted by Gasteiger charge is 1.94. The highest BCUT2D eigenvalue weighted by Crippen LogP contribution is 2.09. The Bertz CT molecular complexity index is 176. The molecule has 0 amide bonds. The van der Waals surface area contributed by atoms with E-state index in [1.165, 1.54) is 11.3 Å². The van der Waals surface area contributed by atoms with Gasteiger partial charge < -0.3 is 0 Å². The molecule has 0 aliphatic carbocycles. The van der Waals surface area contributed by atoms with Crippen molar-refractivity contribution >= 4 is 48.9 Å². The largest absolute Gasteiger partial charge is 0.141 e. The summed E-state index contributed by atoms with van der Waals surface area (Å²) in [5.74, 6) is 0. The van der Waals surface area contributed by atoms with Gasteiger partial charge in [-0.1, -0.05) is 21.8 Å². The molecular weight excluding hydrogens is 137 g/mol. The Morgan fingerprint density at radius 3 is 2.25 bits per heavy atom. The minimum atomic E-state index is 0.569. The van der Waals surface area contributed by atoms with Crippen LogP contribution in [0.25, 0.3) is 0 Å². The summed E-state index contributed by atoms with van der Waals surface area (Å²) in [5, 5.41) is 0. The van der Waals surface area contributed by atoms with Crippen LogP contribution < -0.4 is 10.2 Å². The van der Waals surface area contributed by atoms with E-state index in [0.29, 0.717) is 14.6 Å². The highest BCUT2D eigenvalue weighted by molar-refractivity contribution is 7.24. The third-order valence-corrected chi connectivity index (χ3v) is 1.87. The first-order chi connectivity index (χ1) is 3.70. The molecular formula is C4HB2ClS. The Labute approximate surface area is 59.7 Å². The van der Waals surface area contributed by atoms with Crippen LogP contribution in [-0.4, -0.2) is 15.7 Å². The fraction of sp³-hybridized carbons (Fsp3) is 0. The van der Waals surface area contributed by atoms with Crippen molar-refractivity contribution in [2.24, 2.45) is 0 Å². The van der Waals surface area contributed by atoms with Crippen molar-refractivity contribution in [2.45, 2.75) is 0 Å². The summed E-state index contributed by atoms with van der Waals surface area (Å²) in [4.78, 5) is 0. The van der Waals surface area contributed by atoms with Crippen LogP contribution >= 0.6 is 22.9 Å². The molecule has 1 rings (SSSR count). The first-order valence-corrected chi connectivity index (χ1v) is 3.20. The third-order valence-electron chi connectivity index (χ3n) is 0.761. The van der Waals surface area contributed by atoms with E-state index in [0.717, 1.165) is 0 Å². The number of hydrogen-bond donors (Lipinski definition) is 0. The average Bonchev–Trinajstić information content (AvgIpc) is 1.85. The summed E-state index contributed by atoms with van der Waals surface area (Å²) in [6.07, 6.45) is 0. The second kappa shape index (κ2) is 2.16. The van der Waals surface area contributed by atoms with Gasteiger partial charge in [-0.25, -0.2) is 0 Å². The van der Waals surface area contributed by atoms with Gasteiger partial charge in [0.05, 0.1) is 4.34 Å². The molecule has 0 fully saturated rings. The number of thiophene rings is 1. The normalized spacial score (nSPS) is 9.62. The smallest absolute Gasteiger partial charge is 0.128 e. The van der Waals surface area contributed by atoms with E-state index in [2.05, 4.69) is 0 Å². The first kappa shape index (κ1) is 6.24. The summed E-state index contributed by atoms with van der Waals surface area (Å²) in [5.41, 5.74) is 0.569. The zero-order valence-corrected chi connectivity index (χ0v) is 5.59. The molecule has 4 radical (unpaired) electrons. The molecule has 0 atom stereocenters. The van der Waals surface area contributed by atoms with Crippen molar-refractivity contribution in [3.8, 4) is 0 Å². The van der Waals surface area contributed by atoms with Crippen LogP contribution in [0.4, 0.5) is 0 Å². The lowest BCUT2D eigenvalue weighted by molar-refractivity contribution is 2.17. The molecule has 0 aliphatic heterocycles. The molecule has 0 aromatic carbocycles. The van der Waals surface area contributed by atoms with Gasteiger partial charge in [-0.15, -0.1) is 11.3 Å². The van der Waals surface area contributed by atoms with Gasteiger partial charge in [0.1, 0.15) is 15.7 Å². The highest BCUT2D eigenvalue weighted by atomic mass is 35.5. The average molecular weight is 138 g/mol. The lowest BCUT2D eigenvalue weighted by atomic mass is 9.89. The van der Waals surface area contributed by atoms with Crippen molar-refractivity contribution in [3.05, 3.63) is 10.4 Å². The SMILES string of the molecule is [B]c1cc(Cl)sc1[B]. The molecule has 0 aliphatic rings. The van der Waals surface area contributed by atoms with Gasteiger partial charge in [0.15, 0.2) is 0 Å². The van der Waals surface area contributed by atoms with Crippen LogP contribution in [0.15, 0.2) is 6.07 Å². The minimum Gasteiger partial charge on any atom is -0.141 e. The van der Waals surface area contributed by atoms with E-state index in [1.807, 2.05) is 0 Å². The monoisotopic (exact) mass is 138 g/mol. The molecule has 1 heterocycles. The molecule has 0 bridgehead atoms. The summed E-state index contributed by atoms with van der Waals surface area (Å²) in [6.45, 7) is 0. The van der Waals surface area contributed by atoms with Crippen molar-refractivity contribution < 1.29 is 0 Å². The van der Waals surface area contributed by atoms with Gasteiger partial charge >= 0.3 is 0 Å². The van der Waals surface area contributed by atoms with Crippen LogP contribution in [0.2, 0.25) is 4.34 Å². The summed E-state index contributed by atoms with van der Waals surface area (Å²) < 4.78 is 1.23. The maximum absolute atomic E-state index is 5.52. The Hall–Kier alpha value is 0.120. The second-order valence-electron chi connectivity index (χ2n) is 1.37. The van der Waals surface area contributed by atoms with Gasteiger partial charge in [0.2, 0.25) is 0 Å². The van der Waals surface area contributed by atoms with Crippen LogP contribution in [-0.2, 0) is 0 Å². The summed E-state index contributed by atoms with van der Waals surface area (Å²) in [7, 11) is 10.7. The van der Waals surface area contributed by atoms with E-state index in [1.54, 1.807) is 6.07 Å². The van der Waals surface area contributed by atoms with Gasteiger partial charge in [0, 0.05) is 0 Å². The Kier molecular flexibility index (Phi) is 1.68. The quantitative estimate of drug-likeness (QED) is 0.442. The summed E-state index contributed by atoms with van der Waals surface area (Å²) >= 11 is 6.81. The Morgan fingerprint density at radius 2 is 2.12 bits per heavy atom.